The van der Waals surface area contributed by atoms with Gasteiger partial charge in [-0.1, -0.05) is 11.6 Å². The van der Waals surface area contributed by atoms with Crippen molar-refractivity contribution in [3.05, 3.63) is 22.7 Å². The molecule has 108 valence electrons. The summed E-state index contributed by atoms with van der Waals surface area (Å²) in [6, 6.07) is 3.10. The fourth-order valence-electron chi connectivity index (χ4n) is 2.52. The molecule has 0 aliphatic carbocycles. The lowest BCUT2D eigenvalue weighted by molar-refractivity contribution is -0.122. The Morgan fingerprint density at radius 3 is 2.30 bits per heavy atom. The number of primary amides is 2. The van der Waals surface area contributed by atoms with Crippen molar-refractivity contribution in [3.63, 3.8) is 0 Å². The Balaban J connectivity index is 2.30. The summed E-state index contributed by atoms with van der Waals surface area (Å²) in [5, 5.41) is 0.385. The molecule has 0 atom stereocenters. The first kappa shape index (κ1) is 14.5. The Morgan fingerprint density at radius 2 is 1.80 bits per heavy atom. The Hall–Kier alpha value is -1.95. The number of hydrogen-bond acceptors (Lipinski definition) is 4. The Bertz CT molecular complexity index is 554. The number of rotatable bonds is 3. The molecule has 6 nitrogen and oxygen atoms in total. The van der Waals surface area contributed by atoms with Gasteiger partial charge in [-0.15, -0.1) is 0 Å². The number of anilines is 2. The summed E-state index contributed by atoms with van der Waals surface area (Å²) in [6.07, 6.45) is 1.27. The highest BCUT2D eigenvalue weighted by atomic mass is 35.5. The molecule has 1 aromatic rings. The van der Waals surface area contributed by atoms with Crippen LogP contribution in [0.15, 0.2) is 12.1 Å². The van der Waals surface area contributed by atoms with Crippen molar-refractivity contribution in [2.45, 2.75) is 12.8 Å². The lowest BCUT2D eigenvalue weighted by Gasteiger charge is -2.34. The van der Waals surface area contributed by atoms with Gasteiger partial charge in [-0.25, -0.2) is 0 Å². The summed E-state index contributed by atoms with van der Waals surface area (Å²) in [6.45, 7) is 1.19. The molecule has 2 amide bonds. The van der Waals surface area contributed by atoms with Gasteiger partial charge in [0.15, 0.2) is 0 Å². The lowest BCUT2D eigenvalue weighted by Crippen LogP contribution is -2.39. The Labute approximate surface area is 121 Å². The molecule has 0 bridgehead atoms. The number of benzene rings is 1. The van der Waals surface area contributed by atoms with Gasteiger partial charge >= 0.3 is 0 Å². The highest BCUT2D eigenvalue weighted by Crippen LogP contribution is 2.34. The van der Waals surface area contributed by atoms with Gasteiger partial charge in [0.05, 0.1) is 16.3 Å². The molecule has 0 unspecified atom stereocenters. The minimum Gasteiger partial charge on any atom is -0.399 e. The SMILES string of the molecule is NC(=O)c1cc(N)cc(Cl)c1N1CCC(C(N)=O)CC1. The van der Waals surface area contributed by atoms with E-state index in [-0.39, 0.29) is 11.8 Å². The second-order valence-corrected chi connectivity index (χ2v) is 5.33. The van der Waals surface area contributed by atoms with E-state index in [4.69, 9.17) is 28.8 Å². The van der Waals surface area contributed by atoms with Gasteiger partial charge in [0.1, 0.15) is 0 Å². The first-order valence-electron chi connectivity index (χ1n) is 6.33. The summed E-state index contributed by atoms with van der Waals surface area (Å²) in [5.41, 5.74) is 17.6. The number of nitrogens with two attached hydrogens (primary N) is 3. The summed E-state index contributed by atoms with van der Waals surface area (Å²) in [7, 11) is 0. The molecule has 1 fully saturated rings. The smallest absolute Gasteiger partial charge is 0.250 e. The van der Waals surface area contributed by atoms with Gasteiger partial charge in [0.2, 0.25) is 5.91 Å². The van der Waals surface area contributed by atoms with Crippen molar-refractivity contribution in [2.24, 2.45) is 17.4 Å². The van der Waals surface area contributed by atoms with Gasteiger partial charge in [-0.05, 0) is 25.0 Å². The maximum atomic E-state index is 11.5. The van der Waals surface area contributed by atoms with Crippen molar-refractivity contribution in [2.75, 3.05) is 23.7 Å². The third-order valence-electron chi connectivity index (χ3n) is 3.56. The maximum absolute atomic E-state index is 11.5. The third-order valence-corrected chi connectivity index (χ3v) is 3.85. The molecule has 2 rings (SSSR count). The first-order valence-corrected chi connectivity index (χ1v) is 6.71. The predicted octanol–water partition coefficient (Wildman–Crippen LogP) is 0.723. The van der Waals surface area contributed by atoms with Crippen LogP contribution < -0.4 is 22.1 Å². The van der Waals surface area contributed by atoms with Crippen molar-refractivity contribution in [1.82, 2.24) is 0 Å². The van der Waals surface area contributed by atoms with Crippen LogP contribution in [-0.4, -0.2) is 24.9 Å². The van der Waals surface area contributed by atoms with Crippen LogP contribution in [0.3, 0.4) is 0 Å². The van der Waals surface area contributed by atoms with Gasteiger partial charge in [-0.2, -0.15) is 0 Å². The minimum atomic E-state index is -0.578. The van der Waals surface area contributed by atoms with Crippen molar-refractivity contribution < 1.29 is 9.59 Å². The molecule has 7 heteroatoms. The quantitative estimate of drug-likeness (QED) is 0.713. The largest absolute Gasteiger partial charge is 0.399 e. The van der Waals surface area contributed by atoms with Crippen LogP contribution in [0.25, 0.3) is 0 Å². The molecule has 0 aromatic heterocycles. The average Bonchev–Trinajstić information content (AvgIpc) is 2.37. The second-order valence-electron chi connectivity index (χ2n) is 4.93. The van der Waals surface area contributed by atoms with Crippen LogP contribution in [0, 0.1) is 5.92 Å². The molecule has 1 heterocycles. The fourth-order valence-corrected chi connectivity index (χ4v) is 2.86. The molecule has 0 spiro atoms. The molecule has 20 heavy (non-hydrogen) atoms. The van der Waals surface area contributed by atoms with E-state index in [0.717, 1.165) is 0 Å². The number of piperidine rings is 1. The second kappa shape index (κ2) is 5.58. The van der Waals surface area contributed by atoms with E-state index in [1.165, 1.54) is 6.07 Å². The monoisotopic (exact) mass is 296 g/mol. The zero-order chi connectivity index (χ0) is 14.9. The van der Waals surface area contributed by atoms with E-state index in [0.29, 0.717) is 47.9 Å². The van der Waals surface area contributed by atoms with E-state index in [9.17, 15) is 9.59 Å². The van der Waals surface area contributed by atoms with Crippen LogP contribution in [0.1, 0.15) is 23.2 Å². The number of nitrogens with zero attached hydrogens (tertiary/aromatic N) is 1. The summed E-state index contributed by atoms with van der Waals surface area (Å²) >= 11 is 6.19. The van der Waals surface area contributed by atoms with Gasteiger partial charge in [0.25, 0.3) is 5.91 Å². The highest BCUT2D eigenvalue weighted by Gasteiger charge is 2.26. The van der Waals surface area contributed by atoms with Crippen LogP contribution in [0.4, 0.5) is 11.4 Å². The van der Waals surface area contributed by atoms with E-state index in [2.05, 4.69) is 0 Å². The Morgan fingerprint density at radius 1 is 1.20 bits per heavy atom. The summed E-state index contributed by atoms with van der Waals surface area (Å²) in [5.74, 6) is -0.995. The maximum Gasteiger partial charge on any atom is 0.250 e. The number of hydrogen-bond donors (Lipinski definition) is 3. The van der Waals surface area contributed by atoms with Crippen LogP contribution >= 0.6 is 11.6 Å². The summed E-state index contributed by atoms with van der Waals surface area (Å²) in [4.78, 5) is 24.7. The number of nitrogen functional groups attached to an aromatic ring is 1. The topological polar surface area (TPSA) is 115 Å². The zero-order valence-electron chi connectivity index (χ0n) is 10.9. The van der Waals surface area contributed by atoms with Crippen molar-refractivity contribution >= 4 is 34.8 Å². The standard InChI is InChI=1S/C13H17ClN4O2/c14-10-6-8(15)5-9(13(17)20)11(10)18-3-1-7(2-4-18)12(16)19/h5-7H,1-4,15H2,(H2,16,19)(H2,17,20). The first-order chi connectivity index (χ1) is 9.40. The molecule has 1 saturated heterocycles. The van der Waals surface area contributed by atoms with Crippen LogP contribution in [-0.2, 0) is 4.79 Å². The highest BCUT2D eigenvalue weighted by molar-refractivity contribution is 6.34. The fraction of sp³-hybridized carbons (Fsp3) is 0.385. The number of amides is 2. The zero-order valence-corrected chi connectivity index (χ0v) is 11.7. The normalized spacial score (nSPS) is 16.1. The summed E-state index contributed by atoms with van der Waals surface area (Å²) < 4.78 is 0. The predicted molar refractivity (Wildman–Crippen MR) is 78.5 cm³/mol. The molecular weight excluding hydrogens is 280 g/mol. The van der Waals surface area contributed by atoms with Crippen LogP contribution in [0.5, 0.6) is 0 Å². The lowest BCUT2D eigenvalue weighted by atomic mass is 9.95. The molecule has 6 N–H and O–H groups in total. The van der Waals surface area contributed by atoms with Gasteiger partial charge < -0.3 is 22.1 Å². The molecule has 0 saturated carbocycles. The van der Waals surface area contributed by atoms with Crippen LogP contribution in [0.2, 0.25) is 5.02 Å². The minimum absolute atomic E-state index is 0.129. The number of carbonyl (C=O) groups excluding carboxylic acids is 2. The van der Waals surface area contributed by atoms with E-state index in [1.807, 2.05) is 4.90 Å². The van der Waals surface area contributed by atoms with E-state index < -0.39 is 5.91 Å². The van der Waals surface area contributed by atoms with Gasteiger partial charge in [0, 0.05) is 24.7 Å². The van der Waals surface area contributed by atoms with E-state index in [1.54, 1.807) is 6.07 Å². The number of carbonyl (C=O) groups is 2. The van der Waals surface area contributed by atoms with E-state index >= 15 is 0 Å². The van der Waals surface area contributed by atoms with Gasteiger partial charge in [-0.3, -0.25) is 9.59 Å². The average molecular weight is 297 g/mol. The van der Waals surface area contributed by atoms with Crippen molar-refractivity contribution in [3.8, 4) is 0 Å². The Kier molecular flexibility index (Phi) is 4.04. The van der Waals surface area contributed by atoms with Crippen molar-refractivity contribution in [1.29, 1.82) is 0 Å². The third kappa shape index (κ3) is 2.80. The molecule has 1 aromatic carbocycles. The molecular formula is C13H17ClN4O2. The molecule has 1 aliphatic heterocycles. The molecule has 0 radical (unpaired) electrons. The molecule has 1 aliphatic rings. The number of halogens is 1.